The summed E-state index contributed by atoms with van der Waals surface area (Å²) in [5.74, 6) is 0.373. The minimum absolute atomic E-state index is 0.358. The lowest BCUT2D eigenvalue weighted by molar-refractivity contribution is -0.148. The van der Waals surface area contributed by atoms with Crippen LogP contribution in [0.4, 0.5) is 0 Å². The van der Waals surface area contributed by atoms with Gasteiger partial charge in [0.1, 0.15) is 0 Å². The van der Waals surface area contributed by atoms with Crippen LogP contribution in [0.5, 0.6) is 0 Å². The maximum Gasteiger partial charge on any atom is 0.310 e. The van der Waals surface area contributed by atoms with Gasteiger partial charge in [0.2, 0.25) is 5.89 Å². The second kappa shape index (κ2) is 5.69. The molecule has 0 amide bonds. The zero-order valence-electron chi connectivity index (χ0n) is 11.6. The number of carboxylic acids is 1. The molecule has 1 saturated carbocycles. The molecular formula is C13H21N3O3. The topological polar surface area (TPSA) is 79.5 Å². The highest BCUT2D eigenvalue weighted by atomic mass is 16.5. The van der Waals surface area contributed by atoms with E-state index in [0.717, 1.165) is 25.8 Å². The number of nitrogens with zero attached hydrogens (tertiary/aromatic N) is 3. The van der Waals surface area contributed by atoms with Crippen LogP contribution in [0.3, 0.4) is 0 Å². The summed E-state index contributed by atoms with van der Waals surface area (Å²) in [5, 5.41) is 13.3. The minimum atomic E-state index is -0.738. The maximum atomic E-state index is 11.5. The van der Waals surface area contributed by atoms with Gasteiger partial charge in [0.25, 0.3) is 0 Å². The summed E-state index contributed by atoms with van der Waals surface area (Å²) < 4.78 is 5.19. The third-order valence-corrected chi connectivity index (χ3v) is 3.80. The first-order valence-corrected chi connectivity index (χ1v) is 6.71. The number of aliphatic carboxylic acids is 1. The van der Waals surface area contributed by atoms with Crippen LogP contribution in [0.25, 0.3) is 0 Å². The monoisotopic (exact) mass is 267 g/mol. The number of carbonyl (C=O) groups is 1. The van der Waals surface area contributed by atoms with Crippen LogP contribution in [0, 0.1) is 5.41 Å². The van der Waals surface area contributed by atoms with Gasteiger partial charge < -0.3 is 14.5 Å². The van der Waals surface area contributed by atoms with Crippen LogP contribution in [0.15, 0.2) is 4.52 Å². The van der Waals surface area contributed by atoms with E-state index in [2.05, 4.69) is 10.1 Å². The Bertz CT molecular complexity index is 436. The molecule has 1 N–H and O–H groups in total. The number of aromatic nitrogens is 2. The molecule has 6 heteroatoms. The van der Waals surface area contributed by atoms with Gasteiger partial charge in [0.15, 0.2) is 5.82 Å². The van der Waals surface area contributed by atoms with Crippen molar-refractivity contribution in [2.75, 3.05) is 20.6 Å². The van der Waals surface area contributed by atoms with E-state index in [1.54, 1.807) is 0 Å². The van der Waals surface area contributed by atoms with Gasteiger partial charge in [-0.3, -0.25) is 4.79 Å². The summed E-state index contributed by atoms with van der Waals surface area (Å²) in [6, 6.07) is 0. The number of hydrogen-bond donors (Lipinski definition) is 1. The Morgan fingerprint density at radius 3 is 2.68 bits per heavy atom. The highest BCUT2D eigenvalue weighted by Crippen LogP contribution is 2.40. The summed E-state index contributed by atoms with van der Waals surface area (Å²) in [7, 11) is 3.97. The van der Waals surface area contributed by atoms with Crippen molar-refractivity contribution in [3.63, 3.8) is 0 Å². The molecule has 1 aliphatic carbocycles. The van der Waals surface area contributed by atoms with Gasteiger partial charge in [-0.05, 0) is 26.9 Å². The molecule has 0 radical (unpaired) electrons. The minimum Gasteiger partial charge on any atom is -0.481 e. The Morgan fingerprint density at radius 1 is 1.42 bits per heavy atom. The van der Waals surface area contributed by atoms with E-state index in [4.69, 9.17) is 4.52 Å². The van der Waals surface area contributed by atoms with Crippen molar-refractivity contribution in [1.29, 1.82) is 0 Å². The summed E-state index contributed by atoms with van der Waals surface area (Å²) in [5.41, 5.74) is -0.689. The van der Waals surface area contributed by atoms with E-state index in [-0.39, 0.29) is 0 Å². The van der Waals surface area contributed by atoms with E-state index < -0.39 is 11.4 Å². The molecule has 0 saturated heterocycles. The van der Waals surface area contributed by atoms with E-state index in [1.807, 2.05) is 19.0 Å². The fourth-order valence-electron chi connectivity index (χ4n) is 2.59. The summed E-state index contributed by atoms with van der Waals surface area (Å²) in [6.07, 6.45) is 4.42. The zero-order valence-corrected chi connectivity index (χ0v) is 11.6. The summed E-state index contributed by atoms with van der Waals surface area (Å²) in [4.78, 5) is 17.8. The molecule has 6 nitrogen and oxygen atoms in total. The van der Waals surface area contributed by atoms with Crippen LogP contribution in [-0.2, 0) is 17.6 Å². The molecule has 0 aliphatic heterocycles. The Balaban J connectivity index is 2.00. The van der Waals surface area contributed by atoms with E-state index >= 15 is 0 Å². The van der Waals surface area contributed by atoms with Crippen molar-refractivity contribution in [3.8, 4) is 0 Å². The van der Waals surface area contributed by atoms with E-state index in [0.29, 0.717) is 31.0 Å². The number of likely N-dealkylation sites (N-methyl/N-ethyl adjacent to an activating group) is 1. The SMILES string of the molecule is CN(C)CCc1noc(CC2(C(=O)O)CCCC2)n1. The fourth-order valence-corrected chi connectivity index (χ4v) is 2.59. The largest absolute Gasteiger partial charge is 0.481 e. The molecular weight excluding hydrogens is 246 g/mol. The maximum absolute atomic E-state index is 11.5. The number of hydrogen-bond acceptors (Lipinski definition) is 5. The third-order valence-electron chi connectivity index (χ3n) is 3.80. The predicted molar refractivity (Wildman–Crippen MR) is 68.8 cm³/mol. The Kier molecular flexibility index (Phi) is 4.19. The smallest absolute Gasteiger partial charge is 0.310 e. The molecule has 1 heterocycles. The van der Waals surface area contributed by atoms with Crippen LogP contribution in [-0.4, -0.2) is 46.8 Å². The molecule has 2 rings (SSSR count). The summed E-state index contributed by atoms with van der Waals surface area (Å²) >= 11 is 0. The zero-order chi connectivity index (χ0) is 13.9. The average Bonchev–Trinajstić information content (AvgIpc) is 2.97. The molecule has 19 heavy (non-hydrogen) atoms. The van der Waals surface area contributed by atoms with Gasteiger partial charge in [-0.1, -0.05) is 18.0 Å². The van der Waals surface area contributed by atoms with Gasteiger partial charge in [0.05, 0.1) is 5.41 Å². The van der Waals surface area contributed by atoms with Crippen molar-refractivity contribution >= 4 is 5.97 Å². The lowest BCUT2D eigenvalue weighted by atomic mass is 9.83. The predicted octanol–water partition coefficient (Wildman–Crippen LogP) is 1.36. The Labute approximate surface area is 112 Å². The molecule has 1 aliphatic rings. The van der Waals surface area contributed by atoms with Gasteiger partial charge in [-0.15, -0.1) is 0 Å². The lowest BCUT2D eigenvalue weighted by Gasteiger charge is -2.21. The van der Waals surface area contributed by atoms with Crippen molar-refractivity contribution < 1.29 is 14.4 Å². The molecule has 0 bridgehead atoms. The van der Waals surface area contributed by atoms with E-state index in [9.17, 15) is 9.90 Å². The van der Waals surface area contributed by atoms with Gasteiger partial charge in [0, 0.05) is 19.4 Å². The van der Waals surface area contributed by atoms with E-state index in [1.165, 1.54) is 0 Å². The first kappa shape index (κ1) is 14.0. The van der Waals surface area contributed by atoms with Crippen molar-refractivity contribution in [3.05, 3.63) is 11.7 Å². The first-order chi connectivity index (χ1) is 9.02. The van der Waals surface area contributed by atoms with Crippen LogP contribution in [0.2, 0.25) is 0 Å². The quantitative estimate of drug-likeness (QED) is 0.838. The van der Waals surface area contributed by atoms with Gasteiger partial charge >= 0.3 is 5.97 Å². The second-order valence-electron chi connectivity index (χ2n) is 5.63. The standard InChI is InChI=1S/C13H21N3O3/c1-16(2)8-5-10-14-11(19-15-10)9-13(12(17)18)6-3-4-7-13/h3-9H2,1-2H3,(H,17,18). The highest BCUT2D eigenvalue weighted by molar-refractivity contribution is 5.75. The van der Waals surface area contributed by atoms with Crippen LogP contribution in [0.1, 0.15) is 37.4 Å². The van der Waals surface area contributed by atoms with Crippen LogP contribution < -0.4 is 0 Å². The van der Waals surface area contributed by atoms with Crippen LogP contribution >= 0.6 is 0 Å². The highest BCUT2D eigenvalue weighted by Gasteiger charge is 2.42. The average molecular weight is 267 g/mol. The fraction of sp³-hybridized carbons (Fsp3) is 0.769. The molecule has 1 fully saturated rings. The molecule has 0 unspecified atom stereocenters. The Hall–Kier alpha value is -1.43. The molecule has 1 aromatic heterocycles. The number of rotatable bonds is 6. The Morgan fingerprint density at radius 2 is 2.11 bits per heavy atom. The second-order valence-corrected chi connectivity index (χ2v) is 5.63. The molecule has 0 aromatic carbocycles. The lowest BCUT2D eigenvalue weighted by Crippen LogP contribution is -2.30. The summed E-state index contributed by atoms with van der Waals surface area (Å²) in [6.45, 7) is 0.850. The van der Waals surface area contributed by atoms with Crippen molar-refractivity contribution in [2.24, 2.45) is 5.41 Å². The van der Waals surface area contributed by atoms with Crippen molar-refractivity contribution in [2.45, 2.75) is 38.5 Å². The normalized spacial score (nSPS) is 18.1. The molecule has 106 valence electrons. The van der Waals surface area contributed by atoms with Gasteiger partial charge in [-0.2, -0.15) is 4.98 Å². The number of carboxylic acid groups (broad SMARTS) is 1. The van der Waals surface area contributed by atoms with Gasteiger partial charge in [-0.25, -0.2) is 0 Å². The third kappa shape index (κ3) is 3.32. The molecule has 0 atom stereocenters. The molecule has 1 aromatic rings. The van der Waals surface area contributed by atoms with Crippen molar-refractivity contribution in [1.82, 2.24) is 15.0 Å². The molecule has 0 spiro atoms. The first-order valence-electron chi connectivity index (χ1n) is 6.71.